The van der Waals surface area contributed by atoms with Crippen LogP contribution < -0.4 is 19.7 Å². The van der Waals surface area contributed by atoms with E-state index in [2.05, 4.69) is 24.4 Å². The number of rotatable bonds is 3. The summed E-state index contributed by atoms with van der Waals surface area (Å²) < 4.78 is 10.9. The van der Waals surface area contributed by atoms with Gasteiger partial charge >= 0.3 is 0 Å². The van der Waals surface area contributed by atoms with Crippen molar-refractivity contribution in [2.45, 2.75) is 25.4 Å². The Morgan fingerprint density at radius 1 is 0.966 bits per heavy atom. The molecule has 3 aromatic carbocycles. The molecular formula is C24H22N2O3. The molecular weight excluding hydrogens is 364 g/mol. The van der Waals surface area contributed by atoms with Crippen molar-refractivity contribution < 1.29 is 14.3 Å². The van der Waals surface area contributed by atoms with E-state index >= 15 is 0 Å². The highest BCUT2D eigenvalue weighted by atomic mass is 16.7. The van der Waals surface area contributed by atoms with Gasteiger partial charge in [-0.2, -0.15) is 0 Å². The van der Waals surface area contributed by atoms with E-state index in [1.807, 2.05) is 53.4 Å². The minimum absolute atomic E-state index is 0.0524. The second kappa shape index (κ2) is 7.17. The van der Waals surface area contributed by atoms with E-state index in [1.54, 1.807) is 12.1 Å². The molecule has 2 atom stereocenters. The average Bonchev–Trinajstić information content (AvgIpc) is 3.22. The molecule has 5 rings (SSSR count). The number of anilines is 2. The van der Waals surface area contributed by atoms with E-state index in [1.165, 1.54) is 0 Å². The first-order chi connectivity index (χ1) is 14.2. The molecule has 5 nitrogen and oxygen atoms in total. The summed E-state index contributed by atoms with van der Waals surface area (Å²) in [6, 6.07) is 23.7. The van der Waals surface area contributed by atoms with E-state index in [0.717, 1.165) is 23.4 Å². The summed E-state index contributed by atoms with van der Waals surface area (Å²) in [7, 11) is 0. The monoisotopic (exact) mass is 386 g/mol. The molecule has 146 valence electrons. The van der Waals surface area contributed by atoms with Crippen molar-refractivity contribution in [2.75, 3.05) is 17.0 Å². The lowest BCUT2D eigenvalue weighted by atomic mass is 9.91. The van der Waals surface area contributed by atoms with Crippen LogP contribution in [-0.2, 0) is 0 Å². The Balaban J connectivity index is 1.61. The Labute approximate surface area is 169 Å². The van der Waals surface area contributed by atoms with Gasteiger partial charge in [0.15, 0.2) is 11.5 Å². The highest BCUT2D eigenvalue weighted by Gasteiger charge is 2.33. The minimum Gasteiger partial charge on any atom is -0.454 e. The fourth-order valence-corrected chi connectivity index (χ4v) is 4.15. The lowest BCUT2D eigenvalue weighted by Gasteiger charge is -2.39. The maximum Gasteiger partial charge on any atom is 0.258 e. The number of carbonyl (C=O) groups excluding carboxylic acids is 1. The van der Waals surface area contributed by atoms with E-state index in [9.17, 15) is 4.79 Å². The summed E-state index contributed by atoms with van der Waals surface area (Å²) >= 11 is 0. The topological polar surface area (TPSA) is 50.8 Å². The highest BCUT2D eigenvalue weighted by Crippen LogP contribution is 2.40. The van der Waals surface area contributed by atoms with Gasteiger partial charge in [-0.1, -0.05) is 36.4 Å². The molecule has 3 aromatic rings. The Morgan fingerprint density at radius 2 is 1.72 bits per heavy atom. The van der Waals surface area contributed by atoms with Gasteiger partial charge in [0, 0.05) is 23.0 Å². The van der Waals surface area contributed by atoms with Crippen LogP contribution in [0, 0.1) is 0 Å². The van der Waals surface area contributed by atoms with Crippen LogP contribution >= 0.6 is 0 Å². The number of nitrogens with one attached hydrogen (secondary N) is 1. The number of hydrogen-bond acceptors (Lipinski definition) is 4. The molecule has 2 aliphatic rings. The van der Waals surface area contributed by atoms with Crippen molar-refractivity contribution in [3.8, 4) is 11.5 Å². The molecule has 1 amide bonds. The fourth-order valence-electron chi connectivity index (χ4n) is 4.15. The van der Waals surface area contributed by atoms with Crippen molar-refractivity contribution >= 4 is 17.3 Å². The largest absolute Gasteiger partial charge is 0.454 e. The first-order valence-corrected chi connectivity index (χ1v) is 9.84. The molecule has 0 saturated heterocycles. The molecule has 0 radical (unpaired) electrons. The Morgan fingerprint density at radius 3 is 2.59 bits per heavy atom. The number of nitrogens with zero attached hydrogens (tertiary/aromatic N) is 1. The molecule has 2 aliphatic heterocycles. The molecule has 0 aliphatic carbocycles. The number of amides is 1. The van der Waals surface area contributed by atoms with Gasteiger partial charge in [0.2, 0.25) is 6.79 Å². The lowest BCUT2D eigenvalue weighted by molar-refractivity contribution is 0.0973. The van der Waals surface area contributed by atoms with Crippen LogP contribution in [0.5, 0.6) is 11.5 Å². The summed E-state index contributed by atoms with van der Waals surface area (Å²) in [5.41, 5.74) is 3.67. The van der Waals surface area contributed by atoms with E-state index in [-0.39, 0.29) is 24.8 Å². The predicted octanol–water partition coefficient (Wildman–Crippen LogP) is 5.01. The van der Waals surface area contributed by atoms with Crippen LogP contribution in [0.25, 0.3) is 0 Å². The van der Waals surface area contributed by atoms with Crippen molar-refractivity contribution in [1.29, 1.82) is 0 Å². The van der Waals surface area contributed by atoms with Crippen molar-refractivity contribution in [1.82, 2.24) is 0 Å². The number of ether oxygens (including phenoxy) is 2. The Hall–Kier alpha value is -3.47. The second-order valence-electron chi connectivity index (χ2n) is 7.46. The zero-order chi connectivity index (χ0) is 19.8. The number of para-hydroxylation sites is 2. The Bertz CT molecular complexity index is 1050. The van der Waals surface area contributed by atoms with E-state index in [0.29, 0.717) is 17.1 Å². The van der Waals surface area contributed by atoms with Gasteiger partial charge in [-0.25, -0.2) is 0 Å². The summed E-state index contributed by atoms with van der Waals surface area (Å²) in [6.07, 6.45) is 0.822. The first-order valence-electron chi connectivity index (χ1n) is 9.84. The Kier molecular flexibility index (Phi) is 4.35. The van der Waals surface area contributed by atoms with Gasteiger partial charge in [0.05, 0.1) is 6.04 Å². The standard InChI is InChI=1S/C24H22N2O3/c1-16-13-21(19-9-5-6-10-20(19)25-16)26(18-7-3-2-4-8-18)24(27)17-11-12-22-23(14-17)29-15-28-22/h2-12,14,16,21,25H,13,15H2,1H3. The van der Waals surface area contributed by atoms with Gasteiger partial charge in [-0.15, -0.1) is 0 Å². The van der Waals surface area contributed by atoms with Crippen LogP contribution in [0.2, 0.25) is 0 Å². The van der Waals surface area contributed by atoms with E-state index < -0.39 is 0 Å². The smallest absolute Gasteiger partial charge is 0.258 e. The van der Waals surface area contributed by atoms with Gasteiger partial charge in [-0.3, -0.25) is 4.79 Å². The minimum atomic E-state index is -0.0669. The highest BCUT2D eigenvalue weighted by molar-refractivity contribution is 6.07. The fraction of sp³-hybridized carbons (Fsp3) is 0.208. The summed E-state index contributed by atoms with van der Waals surface area (Å²) in [6.45, 7) is 2.34. The van der Waals surface area contributed by atoms with Crippen molar-refractivity contribution in [2.24, 2.45) is 0 Å². The summed E-state index contributed by atoms with van der Waals surface area (Å²) in [5, 5.41) is 3.53. The zero-order valence-electron chi connectivity index (χ0n) is 16.2. The molecule has 0 bridgehead atoms. The summed E-state index contributed by atoms with van der Waals surface area (Å²) in [5.74, 6) is 1.24. The average molecular weight is 386 g/mol. The first kappa shape index (κ1) is 17.6. The van der Waals surface area contributed by atoms with Gasteiger partial charge in [0.1, 0.15) is 0 Å². The van der Waals surface area contributed by atoms with Gasteiger partial charge in [-0.05, 0) is 55.3 Å². The van der Waals surface area contributed by atoms with Crippen molar-refractivity contribution in [3.05, 3.63) is 83.9 Å². The summed E-state index contributed by atoms with van der Waals surface area (Å²) in [4.78, 5) is 15.7. The SMILES string of the molecule is CC1CC(N(C(=O)c2ccc3c(c2)OCO3)c2ccccc2)c2ccccc2N1. The number of fused-ring (bicyclic) bond motifs is 2. The number of hydrogen-bond donors (Lipinski definition) is 1. The third-order valence-electron chi connectivity index (χ3n) is 5.48. The third kappa shape index (κ3) is 3.18. The van der Waals surface area contributed by atoms with Gasteiger partial charge < -0.3 is 19.7 Å². The van der Waals surface area contributed by atoms with Crippen molar-refractivity contribution in [3.63, 3.8) is 0 Å². The molecule has 2 heterocycles. The third-order valence-corrected chi connectivity index (χ3v) is 5.48. The molecule has 29 heavy (non-hydrogen) atoms. The predicted molar refractivity (Wildman–Crippen MR) is 113 cm³/mol. The maximum atomic E-state index is 13.8. The molecule has 0 saturated carbocycles. The maximum absolute atomic E-state index is 13.8. The number of carbonyl (C=O) groups is 1. The van der Waals surface area contributed by atoms with Crippen LogP contribution in [-0.4, -0.2) is 18.7 Å². The van der Waals surface area contributed by atoms with E-state index in [4.69, 9.17) is 9.47 Å². The number of benzene rings is 3. The van der Waals surface area contributed by atoms with Crippen LogP contribution in [0.15, 0.2) is 72.8 Å². The van der Waals surface area contributed by atoms with Crippen LogP contribution in [0.1, 0.15) is 35.3 Å². The molecule has 5 heteroatoms. The molecule has 0 aromatic heterocycles. The quantitative estimate of drug-likeness (QED) is 0.688. The normalized spacial score (nSPS) is 19.2. The van der Waals surface area contributed by atoms with Gasteiger partial charge in [0.25, 0.3) is 5.91 Å². The molecule has 2 unspecified atom stereocenters. The molecule has 0 fully saturated rings. The van der Waals surface area contributed by atoms with Crippen LogP contribution in [0.4, 0.5) is 11.4 Å². The zero-order valence-corrected chi connectivity index (χ0v) is 16.2. The molecule has 0 spiro atoms. The second-order valence-corrected chi connectivity index (χ2v) is 7.46. The molecule has 1 N–H and O–H groups in total. The van der Waals surface area contributed by atoms with Crippen LogP contribution in [0.3, 0.4) is 0 Å². The lowest BCUT2D eigenvalue weighted by Crippen LogP contribution is -2.40.